The number of aliphatic hydroxyl groups excluding tert-OH is 1. The van der Waals surface area contributed by atoms with E-state index in [1.54, 1.807) is 0 Å². The molecule has 0 aromatic heterocycles. The fourth-order valence-corrected chi connectivity index (χ4v) is 2.62. The van der Waals surface area contributed by atoms with Gasteiger partial charge in [0, 0.05) is 23.7 Å². The fourth-order valence-electron chi connectivity index (χ4n) is 2.62. The molecule has 118 valence electrons. The van der Waals surface area contributed by atoms with Crippen LogP contribution in [0, 0.1) is 11.6 Å². The summed E-state index contributed by atoms with van der Waals surface area (Å²) in [7, 11) is 0. The second kappa shape index (κ2) is 6.81. The zero-order valence-electron chi connectivity index (χ0n) is 12.5. The number of rotatable bonds is 7. The molecule has 1 aromatic rings. The van der Waals surface area contributed by atoms with Gasteiger partial charge in [-0.2, -0.15) is 0 Å². The van der Waals surface area contributed by atoms with Gasteiger partial charge >= 0.3 is 0 Å². The Morgan fingerprint density at radius 3 is 2.57 bits per heavy atom. The van der Waals surface area contributed by atoms with E-state index < -0.39 is 23.3 Å². The van der Waals surface area contributed by atoms with Crippen molar-refractivity contribution in [3.8, 4) is 0 Å². The van der Waals surface area contributed by atoms with Crippen LogP contribution in [0.25, 0.3) is 0 Å². The molecule has 0 heterocycles. The summed E-state index contributed by atoms with van der Waals surface area (Å²) in [6, 6.07) is 3.68. The third-order valence-electron chi connectivity index (χ3n) is 3.95. The van der Waals surface area contributed by atoms with Crippen molar-refractivity contribution in [3.05, 3.63) is 35.4 Å². The molecule has 0 saturated heterocycles. The van der Waals surface area contributed by atoms with Crippen molar-refractivity contribution in [2.45, 2.75) is 50.9 Å². The van der Waals surface area contributed by atoms with Crippen molar-refractivity contribution < 1.29 is 18.6 Å². The van der Waals surface area contributed by atoms with Crippen LogP contribution in [0.1, 0.15) is 38.7 Å². The van der Waals surface area contributed by atoms with Crippen molar-refractivity contribution >= 4 is 0 Å². The molecular formula is C16H23F2NO2. The molecule has 1 aliphatic carbocycles. The van der Waals surface area contributed by atoms with Crippen LogP contribution in [0.5, 0.6) is 0 Å². The van der Waals surface area contributed by atoms with E-state index in [2.05, 4.69) is 5.32 Å². The lowest BCUT2D eigenvalue weighted by Gasteiger charge is -2.44. The number of benzene rings is 1. The van der Waals surface area contributed by atoms with Gasteiger partial charge in [-0.15, -0.1) is 0 Å². The summed E-state index contributed by atoms with van der Waals surface area (Å²) >= 11 is 0. The van der Waals surface area contributed by atoms with Gasteiger partial charge in [0.2, 0.25) is 0 Å². The highest BCUT2D eigenvalue weighted by atomic mass is 19.1. The Labute approximate surface area is 124 Å². The van der Waals surface area contributed by atoms with Crippen LogP contribution >= 0.6 is 0 Å². The van der Waals surface area contributed by atoms with Crippen LogP contribution in [0.2, 0.25) is 0 Å². The molecule has 1 fully saturated rings. The van der Waals surface area contributed by atoms with Crippen LogP contribution in [-0.2, 0) is 10.3 Å². The first-order valence-electron chi connectivity index (χ1n) is 7.43. The second-order valence-electron chi connectivity index (χ2n) is 5.98. The normalized spacial score (nSPS) is 18.6. The zero-order chi connectivity index (χ0) is 15.5. The van der Waals surface area contributed by atoms with Crippen LogP contribution in [0.4, 0.5) is 8.78 Å². The van der Waals surface area contributed by atoms with Crippen molar-refractivity contribution in [1.82, 2.24) is 5.32 Å². The first kappa shape index (κ1) is 16.3. The molecular weight excluding hydrogens is 276 g/mol. The van der Waals surface area contributed by atoms with E-state index >= 15 is 0 Å². The van der Waals surface area contributed by atoms with Gasteiger partial charge in [-0.25, -0.2) is 8.78 Å². The minimum absolute atomic E-state index is 0.0619. The summed E-state index contributed by atoms with van der Waals surface area (Å²) < 4.78 is 32.4. The average Bonchev–Trinajstić information content (AvgIpc) is 2.37. The molecule has 0 radical (unpaired) electrons. The van der Waals surface area contributed by atoms with Gasteiger partial charge in [-0.05, 0) is 39.2 Å². The number of ether oxygens (including phenoxy) is 1. The topological polar surface area (TPSA) is 41.5 Å². The molecule has 1 saturated carbocycles. The Balaban J connectivity index is 1.98. The van der Waals surface area contributed by atoms with Gasteiger partial charge in [-0.1, -0.05) is 6.07 Å². The highest BCUT2D eigenvalue weighted by molar-refractivity contribution is 5.29. The van der Waals surface area contributed by atoms with Gasteiger partial charge in [0.25, 0.3) is 0 Å². The maximum absolute atomic E-state index is 14.0. The SMILES string of the molecule is CC(C)OCC(O)CNC1(c2ccc(F)cc2F)CCC1. The summed E-state index contributed by atoms with van der Waals surface area (Å²) in [5.41, 5.74) is -0.0107. The summed E-state index contributed by atoms with van der Waals surface area (Å²) in [4.78, 5) is 0. The van der Waals surface area contributed by atoms with Gasteiger partial charge in [0.05, 0.1) is 18.8 Å². The molecule has 0 amide bonds. The van der Waals surface area contributed by atoms with Crippen LogP contribution in [-0.4, -0.2) is 30.5 Å². The van der Waals surface area contributed by atoms with Crippen molar-refractivity contribution in [1.29, 1.82) is 0 Å². The standard InChI is InChI=1S/C16H23F2NO2/c1-11(2)21-10-13(20)9-19-16(6-3-7-16)14-5-4-12(17)8-15(14)18/h4-5,8,11,13,19-20H,3,6-7,9-10H2,1-2H3. The van der Waals surface area contributed by atoms with Gasteiger partial charge < -0.3 is 15.2 Å². The van der Waals surface area contributed by atoms with Crippen LogP contribution in [0.15, 0.2) is 18.2 Å². The van der Waals surface area contributed by atoms with Crippen LogP contribution < -0.4 is 5.32 Å². The average molecular weight is 299 g/mol. The van der Waals surface area contributed by atoms with E-state index in [4.69, 9.17) is 4.74 Å². The van der Waals surface area contributed by atoms with Gasteiger partial charge in [0.15, 0.2) is 0 Å². The molecule has 0 bridgehead atoms. The molecule has 1 atom stereocenters. The quantitative estimate of drug-likeness (QED) is 0.813. The first-order chi connectivity index (χ1) is 9.93. The molecule has 2 N–H and O–H groups in total. The molecule has 1 unspecified atom stereocenters. The highest BCUT2D eigenvalue weighted by Crippen LogP contribution is 2.42. The third-order valence-corrected chi connectivity index (χ3v) is 3.95. The molecule has 21 heavy (non-hydrogen) atoms. The second-order valence-corrected chi connectivity index (χ2v) is 5.98. The predicted molar refractivity (Wildman–Crippen MR) is 77.0 cm³/mol. The summed E-state index contributed by atoms with van der Waals surface area (Å²) in [5.74, 6) is -1.11. The maximum Gasteiger partial charge on any atom is 0.131 e. The minimum atomic E-state index is -0.645. The van der Waals surface area contributed by atoms with E-state index in [9.17, 15) is 13.9 Å². The van der Waals surface area contributed by atoms with E-state index in [0.29, 0.717) is 12.1 Å². The first-order valence-corrected chi connectivity index (χ1v) is 7.43. The Bertz CT molecular complexity index is 475. The molecule has 2 rings (SSSR count). The molecule has 1 aliphatic rings. The van der Waals surface area contributed by atoms with E-state index in [0.717, 1.165) is 25.3 Å². The van der Waals surface area contributed by atoms with Gasteiger partial charge in [-0.3, -0.25) is 0 Å². The highest BCUT2D eigenvalue weighted by Gasteiger charge is 2.40. The monoisotopic (exact) mass is 299 g/mol. The Kier molecular flexibility index (Phi) is 5.30. The smallest absolute Gasteiger partial charge is 0.131 e. The van der Waals surface area contributed by atoms with E-state index in [1.165, 1.54) is 12.1 Å². The summed E-state index contributed by atoms with van der Waals surface area (Å²) in [5, 5.41) is 13.1. The minimum Gasteiger partial charge on any atom is -0.389 e. The lowest BCUT2D eigenvalue weighted by molar-refractivity contribution is -0.0000368. The molecule has 1 aromatic carbocycles. The number of halogens is 2. The predicted octanol–water partition coefficient (Wildman–Crippen LogP) is 2.72. The van der Waals surface area contributed by atoms with Gasteiger partial charge in [0.1, 0.15) is 11.6 Å². The Morgan fingerprint density at radius 1 is 1.33 bits per heavy atom. The third kappa shape index (κ3) is 3.99. The van der Waals surface area contributed by atoms with Crippen molar-refractivity contribution in [3.63, 3.8) is 0 Å². The Morgan fingerprint density at radius 2 is 2.05 bits per heavy atom. The van der Waals surface area contributed by atoms with E-state index in [1.807, 2.05) is 13.8 Å². The number of hydrogen-bond donors (Lipinski definition) is 2. The number of nitrogens with one attached hydrogen (secondary N) is 1. The lowest BCUT2D eigenvalue weighted by Crippen LogP contribution is -2.51. The van der Waals surface area contributed by atoms with E-state index in [-0.39, 0.29) is 12.7 Å². The lowest BCUT2D eigenvalue weighted by atomic mass is 9.71. The largest absolute Gasteiger partial charge is 0.389 e. The molecule has 3 nitrogen and oxygen atoms in total. The number of aliphatic hydroxyl groups is 1. The molecule has 0 spiro atoms. The maximum atomic E-state index is 14.0. The molecule has 0 aliphatic heterocycles. The zero-order valence-corrected chi connectivity index (χ0v) is 12.5. The molecule has 5 heteroatoms. The fraction of sp³-hybridized carbons (Fsp3) is 0.625. The van der Waals surface area contributed by atoms with Crippen molar-refractivity contribution in [2.75, 3.05) is 13.2 Å². The van der Waals surface area contributed by atoms with Crippen LogP contribution in [0.3, 0.4) is 0 Å². The number of hydrogen-bond acceptors (Lipinski definition) is 3. The summed E-state index contributed by atoms with van der Waals surface area (Å²) in [6.45, 7) is 4.37. The summed E-state index contributed by atoms with van der Waals surface area (Å²) in [6.07, 6.45) is 1.98. The van der Waals surface area contributed by atoms with Crippen molar-refractivity contribution in [2.24, 2.45) is 0 Å². The Hall–Kier alpha value is -1.04.